The third kappa shape index (κ3) is 3.62. The lowest BCUT2D eigenvalue weighted by Crippen LogP contribution is -2.24. The molecule has 4 nitrogen and oxygen atoms in total. The Morgan fingerprint density at radius 3 is 2.61 bits per heavy atom. The van der Waals surface area contributed by atoms with Gasteiger partial charge >= 0.3 is 0 Å². The zero-order chi connectivity index (χ0) is 16.8. The number of methoxy groups -OCH3 is 1. The molecular weight excluding hydrogens is 288 g/mol. The summed E-state index contributed by atoms with van der Waals surface area (Å²) in [6.45, 7) is 4.73. The molecule has 0 amide bonds. The summed E-state index contributed by atoms with van der Waals surface area (Å²) in [6.07, 6.45) is 3.07. The lowest BCUT2D eigenvalue weighted by atomic mass is 10.1. The Kier molecular flexibility index (Phi) is 5.59. The quantitative estimate of drug-likeness (QED) is 0.760. The molecule has 1 heterocycles. The number of rotatable bonds is 6. The smallest absolute Gasteiger partial charge is 0.268 e. The monoisotopic (exact) mass is 310 g/mol. The summed E-state index contributed by atoms with van der Waals surface area (Å²) in [4.78, 5) is 12.5. The predicted molar refractivity (Wildman–Crippen MR) is 91.7 cm³/mol. The minimum atomic E-state index is -0.213. The van der Waals surface area contributed by atoms with Gasteiger partial charge in [-0.05, 0) is 54.8 Å². The molecule has 120 valence electrons. The highest BCUT2D eigenvalue weighted by molar-refractivity contribution is 5.63. The first-order chi connectivity index (χ1) is 11.1. The van der Waals surface area contributed by atoms with Crippen LogP contribution in [0.5, 0.6) is 5.75 Å². The van der Waals surface area contributed by atoms with E-state index >= 15 is 0 Å². The van der Waals surface area contributed by atoms with Crippen molar-refractivity contribution in [3.63, 3.8) is 0 Å². The molecule has 0 fully saturated rings. The third-order valence-electron chi connectivity index (χ3n) is 3.97. The Morgan fingerprint density at radius 2 is 2.00 bits per heavy atom. The second-order valence-electron chi connectivity index (χ2n) is 5.59. The van der Waals surface area contributed by atoms with Gasteiger partial charge in [-0.15, -0.1) is 0 Å². The van der Waals surface area contributed by atoms with Crippen LogP contribution in [0, 0.1) is 18.3 Å². The molecule has 0 bridgehead atoms. The van der Waals surface area contributed by atoms with Crippen molar-refractivity contribution in [2.45, 2.75) is 39.7 Å². The van der Waals surface area contributed by atoms with Crippen molar-refractivity contribution in [1.29, 1.82) is 5.26 Å². The fourth-order valence-corrected chi connectivity index (χ4v) is 2.70. The molecule has 0 aliphatic heterocycles. The van der Waals surface area contributed by atoms with Crippen LogP contribution in [-0.2, 0) is 6.54 Å². The summed E-state index contributed by atoms with van der Waals surface area (Å²) in [6, 6.07) is 11.3. The second-order valence-corrected chi connectivity index (χ2v) is 5.59. The standard InChI is InChI=1S/C19H22N2O2/c1-4-5-6-11-21-17(9-7-16(13-20)19(21)22)15-8-10-18(23-3)14(2)12-15/h7-10,12H,4-6,11H2,1-3H3. The molecule has 0 unspecified atom stereocenters. The largest absolute Gasteiger partial charge is 0.496 e. The van der Waals surface area contributed by atoms with Crippen molar-refractivity contribution in [2.75, 3.05) is 7.11 Å². The fourth-order valence-electron chi connectivity index (χ4n) is 2.70. The summed E-state index contributed by atoms with van der Waals surface area (Å²) in [5, 5.41) is 9.11. The van der Waals surface area contributed by atoms with Crippen LogP contribution in [0.15, 0.2) is 35.1 Å². The molecule has 0 N–H and O–H groups in total. The summed E-state index contributed by atoms with van der Waals surface area (Å²) in [5.41, 5.74) is 2.80. The number of nitriles is 1. The maximum absolute atomic E-state index is 12.5. The SMILES string of the molecule is CCCCCn1c(-c2ccc(OC)c(C)c2)ccc(C#N)c1=O. The number of nitrogens with zero attached hydrogens (tertiary/aromatic N) is 2. The van der Waals surface area contributed by atoms with Crippen LogP contribution in [0.4, 0.5) is 0 Å². The summed E-state index contributed by atoms with van der Waals surface area (Å²) in [7, 11) is 1.64. The number of aromatic nitrogens is 1. The van der Waals surface area contributed by atoms with E-state index in [1.807, 2.05) is 37.3 Å². The lowest BCUT2D eigenvalue weighted by molar-refractivity contribution is 0.412. The van der Waals surface area contributed by atoms with Crippen LogP contribution in [0.25, 0.3) is 11.3 Å². The molecule has 0 atom stereocenters. The molecule has 4 heteroatoms. The maximum Gasteiger partial charge on any atom is 0.268 e. The maximum atomic E-state index is 12.5. The molecule has 0 saturated heterocycles. The lowest BCUT2D eigenvalue weighted by Gasteiger charge is -2.15. The Balaban J connectivity index is 2.53. The zero-order valence-electron chi connectivity index (χ0n) is 13.9. The summed E-state index contributed by atoms with van der Waals surface area (Å²) in [5.74, 6) is 0.822. The summed E-state index contributed by atoms with van der Waals surface area (Å²) < 4.78 is 7.01. The van der Waals surface area contributed by atoms with Crippen molar-refractivity contribution in [2.24, 2.45) is 0 Å². The zero-order valence-corrected chi connectivity index (χ0v) is 13.9. The first-order valence-corrected chi connectivity index (χ1v) is 7.91. The van der Waals surface area contributed by atoms with Crippen LogP contribution in [0.2, 0.25) is 0 Å². The first kappa shape index (κ1) is 16.8. The number of ether oxygens (including phenoxy) is 1. The van der Waals surface area contributed by atoms with Crippen LogP contribution in [-0.4, -0.2) is 11.7 Å². The Bertz CT molecular complexity index is 785. The van der Waals surface area contributed by atoms with E-state index < -0.39 is 0 Å². The number of hydrogen-bond acceptors (Lipinski definition) is 3. The molecule has 1 aromatic carbocycles. The Morgan fingerprint density at radius 1 is 1.22 bits per heavy atom. The third-order valence-corrected chi connectivity index (χ3v) is 3.97. The highest BCUT2D eigenvalue weighted by Crippen LogP contribution is 2.26. The highest BCUT2D eigenvalue weighted by atomic mass is 16.5. The topological polar surface area (TPSA) is 55.0 Å². The molecule has 0 aliphatic rings. The van der Waals surface area contributed by atoms with Gasteiger partial charge in [0.15, 0.2) is 0 Å². The van der Waals surface area contributed by atoms with Gasteiger partial charge in [0, 0.05) is 6.54 Å². The van der Waals surface area contributed by atoms with E-state index in [0.29, 0.717) is 6.54 Å². The van der Waals surface area contributed by atoms with Crippen LogP contribution in [0.3, 0.4) is 0 Å². The molecule has 0 radical (unpaired) electrons. The van der Waals surface area contributed by atoms with Crippen LogP contribution >= 0.6 is 0 Å². The van der Waals surface area contributed by atoms with Gasteiger partial charge in [0.2, 0.25) is 0 Å². The number of aryl methyl sites for hydroxylation is 1. The van der Waals surface area contributed by atoms with Crippen molar-refractivity contribution < 1.29 is 4.74 Å². The number of hydrogen-bond donors (Lipinski definition) is 0. The van der Waals surface area contributed by atoms with Gasteiger partial charge in [0.1, 0.15) is 17.4 Å². The summed E-state index contributed by atoms with van der Waals surface area (Å²) >= 11 is 0. The fraction of sp³-hybridized carbons (Fsp3) is 0.368. The molecular formula is C19H22N2O2. The number of benzene rings is 1. The van der Waals surface area contributed by atoms with E-state index in [0.717, 1.165) is 41.8 Å². The number of pyridine rings is 1. The van der Waals surface area contributed by atoms with Crippen LogP contribution < -0.4 is 10.3 Å². The van der Waals surface area contributed by atoms with Gasteiger partial charge < -0.3 is 9.30 Å². The van der Waals surface area contributed by atoms with Gasteiger partial charge in [-0.1, -0.05) is 19.8 Å². The molecule has 0 aliphatic carbocycles. The molecule has 2 rings (SSSR count). The van der Waals surface area contributed by atoms with Crippen molar-refractivity contribution in [3.8, 4) is 23.1 Å². The van der Waals surface area contributed by atoms with Gasteiger partial charge in [-0.2, -0.15) is 5.26 Å². The van der Waals surface area contributed by atoms with Gasteiger partial charge in [0.05, 0.1) is 12.8 Å². The molecule has 2 aromatic rings. The first-order valence-electron chi connectivity index (χ1n) is 7.91. The van der Waals surface area contributed by atoms with E-state index in [-0.39, 0.29) is 11.1 Å². The average Bonchev–Trinajstić information content (AvgIpc) is 2.56. The normalized spacial score (nSPS) is 10.3. The molecule has 23 heavy (non-hydrogen) atoms. The van der Waals surface area contributed by atoms with E-state index in [4.69, 9.17) is 10.00 Å². The van der Waals surface area contributed by atoms with E-state index in [2.05, 4.69) is 6.92 Å². The Labute approximate surface area is 137 Å². The van der Waals surface area contributed by atoms with Crippen molar-refractivity contribution in [3.05, 3.63) is 51.8 Å². The minimum absolute atomic E-state index is 0.190. The van der Waals surface area contributed by atoms with Crippen molar-refractivity contribution in [1.82, 2.24) is 4.57 Å². The highest BCUT2D eigenvalue weighted by Gasteiger charge is 2.11. The van der Waals surface area contributed by atoms with Crippen molar-refractivity contribution >= 4 is 0 Å². The van der Waals surface area contributed by atoms with E-state index in [1.54, 1.807) is 17.7 Å². The number of unbranched alkanes of at least 4 members (excludes halogenated alkanes) is 2. The molecule has 1 aromatic heterocycles. The predicted octanol–water partition coefficient (Wildman–Crippen LogP) is 3.89. The second kappa shape index (κ2) is 7.64. The van der Waals surface area contributed by atoms with E-state index in [1.165, 1.54) is 0 Å². The molecule has 0 saturated carbocycles. The van der Waals surface area contributed by atoms with Gasteiger partial charge in [-0.25, -0.2) is 0 Å². The van der Waals surface area contributed by atoms with Crippen LogP contribution in [0.1, 0.15) is 37.3 Å². The average molecular weight is 310 g/mol. The Hall–Kier alpha value is -2.54. The van der Waals surface area contributed by atoms with Gasteiger partial charge in [-0.3, -0.25) is 4.79 Å². The van der Waals surface area contributed by atoms with Gasteiger partial charge in [0.25, 0.3) is 5.56 Å². The minimum Gasteiger partial charge on any atom is -0.496 e. The van der Waals surface area contributed by atoms with E-state index in [9.17, 15) is 4.79 Å². The molecule has 0 spiro atoms.